The van der Waals surface area contributed by atoms with Crippen molar-refractivity contribution in [2.75, 3.05) is 6.54 Å². The zero-order valence-electron chi connectivity index (χ0n) is 22.4. The van der Waals surface area contributed by atoms with Gasteiger partial charge in [0.05, 0.1) is 0 Å². The van der Waals surface area contributed by atoms with E-state index in [0.29, 0.717) is 18.4 Å². The fraction of sp³-hybridized carbons (Fsp3) is 0.710. The summed E-state index contributed by atoms with van der Waals surface area (Å²) in [5, 5.41) is 9.60. The highest BCUT2D eigenvalue weighted by Gasteiger charge is 2.24. The van der Waals surface area contributed by atoms with Crippen molar-refractivity contribution in [3.05, 3.63) is 48.0 Å². The zero-order valence-corrected chi connectivity index (χ0v) is 22.4. The molecule has 194 valence electrons. The molecule has 0 aromatic heterocycles. The van der Waals surface area contributed by atoms with Crippen LogP contribution in [0.2, 0.25) is 0 Å². The Kier molecular flexibility index (Phi) is 17.6. The Bertz CT molecular complexity index is 640. The molecule has 0 bridgehead atoms. The van der Waals surface area contributed by atoms with Gasteiger partial charge in [-0.1, -0.05) is 88.9 Å². The molecule has 0 aliphatic heterocycles. The number of carbonyl (C=O) groups is 1. The van der Waals surface area contributed by atoms with Gasteiger partial charge in [-0.05, 0) is 93.6 Å². The number of carboxylic acids is 1. The normalized spacial score (nSPS) is 14.5. The second-order valence-electron chi connectivity index (χ2n) is 10.7. The topological polar surface area (TPSA) is 63.3 Å². The molecule has 3 N–H and O–H groups in total. The molecule has 0 fully saturated rings. The Hall–Kier alpha value is -1.61. The molecule has 34 heavy (non-hydrogen) atoms. The highest BCUT2D eigenvalue weighted by Crippen LogP contribution is 2.32. The van der Waals surface area contributed by atoms with Gasteiger partial charge in [-0.3, -0.25) is 4.79 Å². The number of aliphatic carboxylic acids is 1. The van der Waals surface area contributed by atoms with E-state index < -0.39 is 5.97 Å². The molecule has 0 saturated carbocycles. The maximum Gasteiger partial charge on any atom is 0.303 e. The first-order chi connectivity index (χ1) is 16.5. The minimum Gasteiger partial charge on any atom is -0.481 e. The Morgan fingerprint density at radius 3 is 2.29 bits per heavy atom. The van der Waals surface area contributed by atoms with E-state index in [-0.39, 0.29) is 12.3 Å². The van der Waals surface area contributed by atoms with E-state index >= 15 is 0 Å². The summed E-state index contributed by atoms with van der Waals surface area (Å²) in [5.74, 6) is 1.33. The number of benzene rings is 1. The summed E-state index contributed by atoms with van der Waals surface area (Å²) in [4.78, 5) is 11.7. The van der Waals surface area contributed by atoms with Crippen molar-refractivity contribution in [3.63, 3.8) is 0 Å². The van der Waals surface area contributed by atoms with Crippen LogP contribution in [0.1, 0.15) is 110 Å². The molecular formula is C31H53NO2. The van der Waals surface area contributed by atoms with Gasteiger partial charge < -0.3 is 10.8 Å². The molecule has 0 aliphatic carbocycles. The second kappa shape index (κ2) is 19.7. The van der Waals surface area contributed by atoms with Crippen LogP contribution in [0.3, 0.4) is 0 Å². The largest absolute Gasteiger partial charge is 0.481 e. The predicted octanol–water partition coefficient (Wildman–Crippen LogP) is 8.42. The number of nitrogens with two attached hydrogens (primary N) is 1. The van der Waals surface area contributed by atoms with Gasteiger partial charge in [0.1, 0.15) is 0 Å². The van der Waals surface area contributed by atoms with Crippen LogP contribution in [0.5, 0.6) is 0 Å². The fourth-order valence-corrected chi connectivity index (χ4v) is 5.05. The highest BCUT2D eigenvalue weighted by molar-refractivity contribution is 5.67. The first kappa shape index (κ1) is 30.4. The van der Waals surface area contributed by atoms with Crippen molar-refractivity contribution in [3.8, 4) is 0 Å². The van der Waals surface area contributed by atoms with Gasteiger partial charge in [0.15, 0.2) is 0 Å². The maximum absolute atomic E-state index is 11.7. The molecule has 0 unspecified atom stereocenters. The van der Waals surface area contributed by atoms with Crippen LogP contribution in [0, 0.1) is 23.7 Å². The van der Waals surface area contributed by atoms with Gasteiger partial charge >= 0.3 is 5.97 Å². The number of hydrogen-bond acceptors (Lipinski definition) is 2. The third-order valence-corrected chi connectivity index (χ3v) is 7.25. The van der Waals surface area contributed by atoms with Crippen molar-refractivity contribution in [2.24, 2.45) is 29.4 Å². The minimum absolute atomic E-state index is 0.195. The molecule has 0 amide bonds. The van der Waals surface area contributed by atoms with Gasteiger partial charge in [0, 0.05) is 6.42 Å². The van der Waals surface area contributed by atoms with E-state index in [1.54, 1.807) is 0 Å². The van der Waals surface area contributed by atoms with E-state index in [0.717, 1.165) is 38.0 Å². The summed E-state index contributed by atoms with van der Waals surface area (Å²) in [6, 6.07) is 10.5. The van der Waals surface area contributed by atoms with Crippen molar-refractivity contribution >= 4 is 5.97 Å². The average molecular weight is 472 g/mol. The first-order valence-electron chi connectivity index (χ1n) is 14.1. The Morgan fingerprint density at radius 1 is 0.912 bits per heavy atom. The summed E-state index contributed by atoms with van der Waals surface area (Å²) in [6.07, 6.45) is 20.3. The zero-order chi connectivity index (χ0) is 25.0. The van der Waals surface area contributed by atoms with Crippen LogP contribution in [-0.4, -0.2) is 17.6 Å². The van der Waals surface area contributed by atoms with Crippen LogP contribution in [0.25, 0.3) is 0 Å². The lowest BCUT2D eigenvalue weighted by atomic mass is 9.78. The molecule has 3 atom stereocenters. The quantitative estimate of drug-likeness (QED) is 0.140. The summed E-state index contributed by atoms with van der Waals surface area (Å²) < 4.78 is 0. The highest BCUT2D eigenvalue weighted by atomic mass is 16.4. The Balaban J connectivity index is 2.71. The standard InChI is InChI=1S/C31H53NO2/c1-4-5-6-7-8-9-11-16-28(18-17-26(2)3)19-21-29(23-24-32)30(25-31(33)34)22-20-27-14-12-10-13-15-27/h9-15,26,28-30H,4-8,16-25,32H2,1-3H3,(H,33,34)/b11-9-/t28-,29-,30-/m1/s1. The summed E-state index contributed by atoms with van der Waals surface area (Å²) in [6.45, 7) is 7.52. The second-order valence-corrected chi connectivity index (χ2v) is 10.7. The molecule has 1 aromatic carbocycles. The van der Waals surface area contributed by atoms with Crippen molar-refractivity contribution < 1.29 is 9.90 Å². The molecular weight excluding hydrogens is 418 g/mol. The van der Waals surface area contributed by atoms with Gasteiger partial charge in [0.25, 0.3) is 0 Å². The number of unbranched alkanes of at least 4 members (excludes halogenated alkanes) is 4. The Morgan fingerprint density at radius 2 is 1.65 bits per heavy atom. The van der Waals surface area contributed by atoms with E-state index in [1.165, 1.54) is 56.9 Å². The number of aryl methyl sites for hydroxylation is 1. The lowest BCUT2D eigenvalue weighted by molar-refractivity contribution is -0.138. The average Bonchev–Trinajstić information content (AvgIpc) is 2.81. The lowest BCUT2D eigenvalue weighted by Crippen LogP contribution is -2.23. The summed E-state index contributed by atoms with van der Waals surface area (Å²) >= 11 is 0. The van der Waals surface area contributed by atoms with E-state index in [4.69, 9.17) is 5.73 Å². The van der Waals surface area contributed by atoms with Crippen LogP contribution in [0.15, 0.2) is 42.5 Å². The molecule has 3 nitrogen and oxygen atoms in total. The van der Waals surface area contributed by atoms with Gasteiger partial charge in [-0.15, -0.1) is 0 Å². The Labute approximate surface area is 210 Å². The predicted molar refractivity (Wildman–Crippen MR) is 147 cm³/mol. The first-order valence-corrected chi connectivity index (χ1v) is 14.1. The van der Waals surface area contributed by atoms with Crippen molar-refractivity contribution in [1.82, 2.24) is 0 Å². The third-order valence-electron chi connectivity index (χ3n) is 7.25. The van der Waals surface area contributed by atoms with Crippen LogP contribution in [-0.2, 0) is 11.2 Å². The van der Waals surface area contributed by atoms with Gasteiger partial charge in [-0.25, -0.2) is 0 Å². The third kappa shape index (κ3) is 15.3. The molecule has 0 radical (unpaired) electrons. The molecule has 1 aromatic rings. The molecule has 0 spiro atoms. The van der Waals surface area contributed by atoms with Gasteiger partial charge in [-0.2, -0.15) is 0 Å². The van der Waals surface area contributed by atoms with Crippen molar-refractivity contribution in [1.29, 1.82) is 0 Å². The van der Waals surface area contributed by atoms with Crippen LogP contribution >= 0.6 is 0 Å². The molecule has 0 saturated heterocycles. The van der Waals surface area contributed by atoms with E-state index in [2.05, 4.69) is 57.2 Å². The molecule has 3 heteroatoms. The summed E-state index contributed by atoms with van der Waals surface area (Å²) in [5.41, 5.74) is 7.29. The maximum atomic E-state index is 11.7. The number of allylic oxidation sites excluding steroid dienone is 2. The number of rotatable bonds is 21. The monoisotopic (exact) mass is 471 g/mol. The minimum atomic E-state index is -0.678. The number of carboxylic acid groups (broad SMARTS) is 1. The van der Waals surface area contributed by atoms with Crippen molar-refractivity contribution in [2.45, 2.75) is 111 Å². The fourth-order valence-electron chi connectivity index (χ4n) is 5.05. The summed E-state index contributed by atoms with van der Waals surface area (Å²) in [7, 11) is 0. The number of hydrogen-bond donors (Lipinski definition) is 2. The van der Waals surface area contributed by atoms with E-state index in [1.807, 2.05) is 6.07 Å². The lowest BCUT2D eigenvalue weighted by Gasteiger charge is -2.28. The SMILES string of the molecule is CCCCCC/C=C\C[C@H](CCC(C)C)CC[C@H](CCN)[C@H](CCc1ccccc1)CC(=O)O. The van der Waals surface area contributed by atoms with Crippen LogP contribution in [0.4, 0.5) is 0 Å². The van der Waals surface area contributed by atoms with Crippen LogP contribution < -0.4 is 5.73 Å². The van der Waals surface area contributed by atoms with Gasteiger partial charge in [0.2, 0.25) is 0 Å². The molecule has 0 aliphatic rings. The molecule has 1 rings (SSSR count). The molecule has 0 heterocycles. The van der Waals surface area contributed by atoms with E-state index in [9.17, 15) is 9.90 Å². The smallest absolute Gasteiger partial charge is 0.303 e.